The van der Waals surface area contributed by atoms with Crippen LogP contribution in [-0.4, -0.2) is 30.3 Å². The minimum atomic E-state index is 0.463. The number of rotatable bonds is 1. The summed E-state index contributed by atoms with van der Waals surface area (Å²) in [7, 11) is 0. The Morgan fingerprint density at radius 3 is 2.55 bits per heavy atom. The summed E-state index contributed by atoms with van der Waals surface area (Å²) in [5.41, 5.74) is 0. The van der Waals surface area contributed by atoms with Crippen LogP contribution in [0.2, 0.25) is 0 Å². The van der Waals surface area contributed by atoms with Gasteiger partial charge in [-0.05, 0) is 44.4 Å². The molecule has 0 saturated carbocycles. The largest absolute Gasteiger partial charge is 0.290 e. The molecule has 0 aromatic heterocycles. The lowest BCUT2D eigenvalue weighted by Crippen LogP contribution is -2.28. The first-order valence-electron chi connectivity index (χ1n) is 4.12. The SMILES string of the molecule is CSC#CC(C)N1CCCC1. The molecule has 1 nitrogen and oxygen atoms in total. The molecule has 1 aliphatic heterocycles. The number of hydrogen-bond acceptors (Lipinski definition) is 2. The van der Waals surface area contributed by atoms with Gasteiger partial charge in [0.25, 0.3) is 0 Å². The van der Waals surface area contributed by atoms with E-state index >= 15 is 0 Å². The van der Waals surface area contributed by atoms with Crippen LogP contribution >= 0.6 is 11.8 Å². The van der Waals surface area contributed by atoms with Gasteiger partial charge in [0.05, 0.1) is 6.04 Å². The second-order valence-electron chi connectivity index (χ2n) is 2.87. The third-order valence-electron chi connectivity index (χ3n) is 2.06. The Hall–Kier alpha value is -0.130. The van der Waals surface area contributed by atoms with Gasteiger partial charge in [0.1, 0.15) is 0 Å². The number of likely N-dealkylation sites (tertiary alicyclic amines) is 1. The molecule has 1 heterocycles. The van der Waals surface area contributed by atoms with Crippen molar-refractivity contribution in [3.05, 3.63) is 0 Å². The lowest BCUT2D eigenvalue weighted by Gasteiger charge is -2.17. The zero-order chi connectivity index (χ0) is 8.10. The average Bonchev–Trinajstić information content (AvgIpc) is 2.52. The normalized spacial score (nSPS) is 20.9. The zero-order valence-electron chi connectivity index (χ0n) is 7.26. The summed E-state index contributed by atoms with van der Waals surface area (Å²) in [6.07, 6.45) is 4.72. The lowest BCUT2D eigenvalue weighted by atomic mass is 10.3. The van der Waals surface area contributed by atoms with Gasteiger partial charge in [-0.3, -0.25) is 4.90 Å². The molecule has 11 heavy (non-hydrogen) atoms. The summed E-state index contributed by atoms with van der Waals surface area (Å²) in [5.74, 6) is 3.21. The van der Waals surface area contributed by atoms with Gasteiger partial charge in [0.15, 0.2) is 0 Å². The maximum atomic E-state index is 3.21. The van der Waals surface area contributed by atoms with Crippen molar-refractivity contribution < 1.29 is 0 Å². The van der Waals surface area contributed by atoms with Crippen molar-refractivity contribution in [3.63, 3.8) is 0 Å². The van der Waals surface area contributed by atoms with Crippen LogP contribution in [0, 0.1) is 11.2 Å². The molecular weight excluding hydrogens is 154 g/mol. The van der Waals surface area contributed by atoms with E-state index in [9.17, 15) is 0 Å². The maximum Gasteiger partial charge on any atom is 0.0694 e. The van der Waals surface area contributed by atoms with E-state index in [0.29, 0.717) is 6.04 Å². The first kappa shape index (κ1) is 8.96. The highest BCUT2D eigenvalue weighted by Crippen LogP contribution is 2.10. The Bertz CT molecular complexity index is 162. The molecule has 0 aromatic rings. The van der Waals surface area contributed by atoms with E-state index in [0.717, 1.165) is 0 Å². The van der Waals surface area contributed by atoms with E-state index in [4.69, 9.17) is 0 Å². The zero-order valence-corrected chi connectivity index (χ0v) is 8.08. The molecule has 1 atom stereocenters. The van der Waals surface area contributed by atoms with Crippen molar-refractivity contribution in [2.75, 3.05) is 19.3 Å². The molecular formula is C9H15NS. The monoisotopic (exact) mass is 169 g/mol. The summed E-state index contributed by atoms with van der Waals surface area (Å²) in [6, 6.07) is 0.463. The average molecular weight is 169 g/mol. The molecule has 0 bridgehead atoms. The van der Waals surface area contributed by atoms with Gasteiger partial charge < -0.3 is 0 Å². The van der Waals surface area contributed by atoms with Gasteiger partial charge >= 0.3 is 0 Å². The van der Waals surface area contributed by atoms with Crippen molar-refractivity contribution >= 4 is 11.8 Å². The van der Waals surface area contributed by atoms with Crippen LogP contribution in [0.4, 0.5) is 0 Å². The third kappa shape index (κ3) is 2.76. The standard InChI is InChI=1S/C9H15NS/c1-9(5-8-11-2)10-6-3-4-7-10/h9H,3-4,6-7H2,1-2H3. The van der Waals surface area contributed by atoms with Gasteiger partial charge in [0, 0.05) is 0 Å². The summed E-state index contributed by atoms with van der Waals surface area (Å²) in [5, 5.41) is 3.05. The number of hydrogen-bond donors (Lipinski definition) is 0. The van der Waals surface area contributed by atoms with E-state index in [-0.39, 0.29) is 0 Å². The van der Waals surface area contributed by atoms with Crippen LogP contribution in [0.25, 0.3) is 0 Å². The van der Waals surface area contributed by atoms with Crippen molar-refractivity contribution in [2.24, 2.45) is 0 Å². The highest BCUT2D eigenvalue weighted by Gasteiger charge is 2.15. The first-order valence-corrected chi connectivity index (χ1v) is 5.34. The van der Waals surface area contributed by atoms with Gasteiger partial charge in [-0.1, -0.05) is 17.7 Å². The van der Waals surface area contributed by atoms with Gasteiger partial charge in [-0.2, -0.15) is 0 Å². The smallest absolute Gasteiger partial charge is 0.0694 e. The topological polar surface area (TPSA) is 3.24 Å². The molecule has 0 N–H and O–H groups in total. The van der Waals surface area contributed by atoms with Crippen LogP contribution in [0.1, 0.15) is 19.8 Å². The summed E-state index contributed by atoms with van der Waals surface area (Å²) in [4.78, 5) is 2.45. The Kier molecular flexibility index (Phi) is 3.82. The highest BCUT2D eigenvalue weighted by atomic mass is 32.2. The fourth-order valence-electron chi connectivity index (χ4n) is 1.36. The molecule has 0 aromatic carbocycles. The van der Waals surface area contributed by atoms with Gasteiger partial charge in [-0.15, -0.1) is 0 Å². The predicted molar refractivity (Wildman–Crippen MR) is 51.6 cm³/mol. The van der Waals surface area contributed by atoms with Crippen LogP contribution in [0.5, 0.6) is 0 Å². The Balaban J connectivity index is 2.33. The molecule has 62 valence electrons. The minimum Gasteiger partial charge on any atom is -0.290 e. The van der Waals surface area contributed by atoms with E-state index in [1.807, 2.05) is 6.26 Å². The van der Waals surface area contributed by atoms with Gasteiger partial charge in [0.2, 0.25) is 0 Å². The van der Waals surface area contributed by atoms with Crippen LogP contribution < -0.4 is 0 Å². The molecule has 1 fully saturated rings. The third-order valence-corrected chi connectivity index (χ3v) is 2.38. The quantitative estimate of drug-likeness (QED) is 0.551. The Morgan fingerprint density at radius 2 is 2.00 bits per heavy atom. The summed E-state index contributed by atoms with van der Waals surface area (Å²) in [6.45, 7) is 4.67. The summed E-state index contributed by atoms with van der Waals surface area (Å²) < 4.78 is 0. The Labute approximate surface area is 73.5 Å². The van der Waals surface area contributed by atoms with E-state index < -0.39 is 0 Å². The lowest BCUT2D eigenvalue weighted by molar-refractivity contribution is 0.308. The molecule has 0 radical (unpaired) electrons. The minimum absolute atomic E-state index is 0.463. The highest BCUT2D eigenvalue weighted by molar-refractivity contribution is 8.03. The second-order valence-corrected chi connectivity index (χ2v) is 3.48. The van der Waals surface area contributed by atoms with Crippen molar-refractivity contribution in [1.29, 1.82) is 0 Å². The van der Waals surface area contributed by atoms with Crippen molar-refractivity contribution in [3.8, 4) is 11.2 Å². The van der Waals surface area contributed by atoms with Crippen LogP contribution in [0.15, 0.2) is 0 Å². The molecule has 1 rings (SSSR count). The first-order chi connectivity index (χ1) is 5.34. The molecule has 2 heteroatoms. The van der Waals surface area contributed by atoms with Crippen LogP contribution in [-0.2, 0) is 0 Å². The molecule has 1 saturated heterocycles. The van der Waals surface area contributed by atoms with E-state index in [1.54, 1.807) is 11.8 Å². The Morgan fingerprint density at radius 1 is 1.36 bits per heavy atom. The van der Waals surface area contributed by atoms with Gasteiger partial charge in [-0.25, -0.2) is 0 Å². The molecule has 1 unspecified atom stereocenters. The fraction of sp³-hybridized carbons (Fsp3) is 0.778. The van der Waals surface area contributed by atoms with Crippen molar-refractivity contribution in [1.82, 2.24) is 4.90 Å². The number of thioether (sulfide) groups is 1. The summed E-state index contributed by atoms with van der Waals surface area (Å²) >= 11 is 1.60. The maximum absolute atomic E-state index is 3.21. The predicted octanol–water partition coefficient (Wildman–Crippen LogP) is 1.79. The van der Waals surface area contributed by atoms with E-state index in [1.165, 1.54) is 25.9 Å². The van der Waals surface area contributed by atoms with Crippen molar-refractivity contribution in [2.45, 2.75) is 25.8 Å². The fourth-order valence-corrected chi connectivity index (χ4v) is 1.65. The molecule has 1 aliphatic rings. The number of nitrogens with zero attached hydrogens (tertiary/aromatic N) is 1. The second kappa shape index (κ2) is 4.69. The molecule has 0 aliphatic carbocycles. The van der Waals surface area contributed by atoms with E-state index in [2.05, 4.69) is 23.0 Å². The molecule has 0 spiro atoms. The van der Waals surface area contributed by atoms with Crippen LogP contribution in [0.3, 0.4) is 0 Å². The molecule has 0 amide bonds.